The Labute approximate surface area is 119 Å². The van der Waals surface area contributed by atoms with E-state index < -0.39 is 0 Å². The highest BCUT2D eigenvalue weighted by molar-refractivity contribution is 4.92. The molecule has 0 heterocycles. The molecule has 0 radical (unpaired) electrons. The molecule has 0 aliphatic heterocycles. The summed E-state index contributed by atoms with van der Waals surface area (Å²) in [6.07, 6.45) is 5.43. The summed E-state index contributed by atoms with van der Waals surface area (Å²) in [5, 5.41) is 3.53. The smallest absolute Gasteiger partial charge is 0.0593 e. The van der Waals surface area contributed by atoms with E-state index in [1.165, 1.54) is 25.7 Å². The third kappa shape index (κ3) is 4.44. The lowest BCUT2D eigenvalue weighted by Crippen LogP contribution is -2.55. The Morgan fingerprint density at radius 3 is 2.58 bits per heavy atom. The molecule has 0 saturated heterocycles. The van der Waals surface area contributed by atoms with Crippen molar-refractivity contribution in [2.45, 2.75) is 51.6 Å². The second-order valence-electron chi connectivity index (χ2n) is 6.94. The van der Waals surface area contributed by atoms with Crippen LogP contribution >= 0.6 is 0 Å². The summed E-state index contributed by atoms with van der Waals surface area (Å²) in [5.41, 5.74) is 0. The maximum Gasteiger partial charge on any atom is 0.0593 e. The van der Waals surface area contributed by atoms with Crippen molar-refractivity contribution in [1.82, 2.24) is 10.2 Å². The van der Waals surface area contributed by atoms with Crippen LogP contribution in [0.3, 0.4) is 0 Å². The summed E-state index contributed by atoms with van der Waals surface area (Å²) >= 11 is 0. The number of ether oxygens (including phenoxy) is 1. The zero-order valence-corrected chi connectivity index (χ0v) is 13.2. The Kier molecular flexibility index (Phi) is 5.67. The first-order valence-corrected chi connectivity index (χ1v) is 8.07. The lowest BCUT2D eigenvalue weighted by Gasteiger charge is -2.44. The van der Waals surface area contributed by atoms with Crippen LogP contribution in [-0.4, -0.2) is 50.8 Å². The fourth-order valence-corrected chi connectivity index (χ4v) is 3.76. The third-order valence-electron chi connectivity index (χ3n) is 4.94. The summed E-state index contributed by atoms with van der Waals surface area (Å²) in [4.78, 5) is 2.52. The van der Waals surface area contributed by atoms with Crippen molar-refractivity contribution in [3.8, 4) is 0 Å². The van der Waals surface area contributed by atoms with E-state index in [1.807, 2.05) is 0 Å². The minimum Gasteiger partial charge on any atom is -0.380 e. The molecule has 1 N–H and O–H groups in total. The number of nitrogens with one attached hydrogen (secondary N) is 1. The van der Waals surface area contributed by atoms with Gasteiger partial charge < -0.3 is 10.1 Å². The second-order valence-corrected chi connectivity index (χ2v) is 6.94. The van der Waals surface area contributed by atoms with Crippen LogP contribution in [0.4, 0.5) is 0 Å². The van der Waals surface area contributed by atoms with E-state index in [4.69, 9.17) is 4.74 Å². The van der Waals surface area contributed by atoms with Gasteiger partial charge in [0.25, 0.3) is 0 Å². The van der Waals surface area contributed by atoms with Gasteiger partial charge in [-0.2, -0.15) is 0 Å². The van der Waals surface area contributed by atoms with E-state index in [0.29, 0.717) is 12.1 Å². The van der Waals surface area contributed by atoms with Crippen molar-refractivity contribution in [2.24, 2.45) is 17.8 Å². The first kappa shape index (κ1) is 15.3. The number of nitrogens with zero attached hydrogens (tertiary/aromatic N) is 1. The van der Waals surface area contributed by atoms with Crippen LogP contribution in [-0.2, 0) is 4.74 Å². The molecule has 2 rings (SSSR count). The van der Waals surface area contributed by atoms with E-state index in [9.17, 15) is 0 Å². The topological polar surface area (TPSA) is 24.5 Å². The van der Waals surface area contributed by atoms with Gasteiger partial charge in [-0.3, -0.25) is 4.90 Å². The van der Waals surface area contributed by atoms with Gasteiger partial charge in [0.15, 0.2) is 0 Å². The van der Waals surface area contributed by atoms with E-state index in [-0.39, 0.29) is 0 Å². The fraction of sp³-hybridized carbons (Fsp3) is 1.00. The highest BCUT2D eigenvalue weighted by atomic mass is 16.5. The fourth-order valence-electron chi connectivity index (χ4n) is 3.76. The van der Waals surface area contributed by atoms with Crippen LogP contribution in [0.25, 0.3) is 0 Å². The second kappa shape index (κ2) is 7.05. The molecule has 2 fully saturated rings. The summed E-state index contributed by atoms with van der Waals surface area (Å²) < 4.78 is 5.78. The molecule has 0 amide bonds. The zero-order chi connectivity index (χ0) is 13.8. The van der Waals surface area contributed by atoms with E-state index >= 15 is 0 Å². The van der Waals surface area contributed by atoms with Crippen LogP contribution in [0.2, 0.25) is 0 Å². The Morgan fingerprint density at radius 1 is 1.21 bits per heavy atom. The van der Waals surface area contributed by atoms with Gasteiger partial charge in [-0.25, -0.2) is 0 Å². The zero-order valence-electron chi connectivity index (χ0n) is 13.2. The van der Waals surface area contributed by atoms with Crippen LogP contribution in [0.15, 0.2) is 0 Å². The largest absolute Gasteiger partial charge is 0.380 e. The molecule has 3 heteroatoms. The summed E-state index contributed by atoms with van der Waals surface area (Å²) in [6.45, 7) is 7.74. The number of hydrogen-bond acceptors (Lipinski definition) is 3. The molecule has 4 unspecified atom stereocenters. The van der Waals surface area contributed by atoms with E-state index in [1.54, 1.807) is 0 Å². The molecule has 2 aliphatic carbocycles. The quantitative estimate of drug-likeness (QED) is 0.718. The first-order valence-electron chi connectivity index (χ1n) is 8.07. The van der Waals surface area contributed by atoms with Gasteiger partial charge in [0, 0.05) is 25.2 Å². The predicted molar refractivity (Wildman–Crippen MR) is 80.4 cm³/mol. The maximum absolute atomic E-state index is 5.78. The molecular formula is C16H32N2O. The summed E-state index contributed by atoms with van der Waals surface area (Å²) in [6, 6.07) is 1.29. The van der Waals surface area contributed by atoms with Crippen LogP contribution in [0.5, 0.6) is 0 Å². The molecule has 0 aromatic carbocycles. The molecule has 3 nitrogen and oxygen atoms in total. The molecular weight excluding hydrogens is 236 g/mol. The third-order valence-corrected chi connectivity index (χ3v) is 4.94. The Bertz CT molecular complexity index is 267. The number of rotatable bonds is 7. The Morgan fingerprint density at radius 2 is 1.95 bits per heavy atom. The molecule has 0 bridgehead atoms. The maximum atomic E-state index is 5.78. The summed E-state index contributed by atoms with van der Waals surface area (Å²) in [7, 11) is 4.38. The van der Waals surface area contributed by atoms with Gasteiger partial charge in [0.1, 0.15) is 0 Å². The minimum atomic E-state index is 0.632. The highest BCUT2D eigenvalue weighted by Crippen LogP contribution is 2.32. The molecule has 2 saturated carbocycles. The van der Waals surface area contributed by atoms with Gasteiger partial charge >= 0.3 is 0 Å². The average Bonchev–Trinajstić information content (AvgIpc) is 3.17. The number of likely N-dealkylation sites (N-methyl/N-ethyl adjacent to an activating group) is 2. The van der Waals surface area contributed by atoms with Crippen molar-refractivity contribution >= 4 is 0 Å². The first-order chi connectivity index (χ1) is 9.11. The molecule has 19 heavy (non-hydrogen) atoms. The SMILES string of the molecule is CNC1CC(C)CC(C)C1N(C)CCOCC1CC1. The minimum absolute atomic E-state index is 0.632. The van der Waals surface area contributed by atoms with E-state index in [2.05, 4.69) is 38.2 Å². The normalized spacial score (nSPS) is 35.8. The van der Waals surface area contributed by atoms with E-state index in [0.717, 1.165) is 37.5 Å². The van der Waals surface area contributed by atoms with Gasteiger partial charge in [-0.05, 0) is 57.5 Å². The molecule has 2 aliphatic rings. The van der Waals surface area contributed by atoms with Crippen LogP contribution in [0.1, 0.15) is 39.5 Å². The lowest BCUT2D eigenvalue weighted by atomic mass is 9.76. The molecule has 0 aromatic rings. The van der Waals surface area contributed by atoms with Crippen molar-refractivity contribution in [1.29, 1.82) is 0 Å². The van der Waals surface area contributed by atoms with Gasteiger partial charge in [0.2, 0.25) is 0 Å². The summed E-state index contributed by atoms with van der Waals surface area (Å²) in [5.74, 6) is 2.50. The standard InChI is InChI=1S/C16H32N2O/c1-12-9-13(2)16(15(10-12)17-3)18(4)7-8-19-11-14-5-6-14/h12-17H,5-11H2,1-4H3. The molecule has 0 aromatic heterocycles. The van der Waals surface area contributed by atoms with Crippen molar-refractivity contribution in [3.63, 3.8) is 0 Å². The van der Waals surface area contributed by atoms with Crippen LogP contribution in [0, 0.1) is 17.8 Å². The molecule has 4 atom stereocenters. The Hall–Kier alpha value is -0.120. The highest BCUT2D eigenvalue weighted by Gasteiger charge is 2.35. The monoisotopic (exact) mass is 268 g/mol. The lowest BCUT2D eigenvalue weighted by molar-refractivity contribution is 0.0469. The number of hydrogen-bond donors (Lipinski definition) is 1. The average molecular weight is 268 g/mol. The van der Waals surface area contributed by atoms with Crippen molar-refractivity contribution in [2.75, 3.05) is 33.9 Å². The van der Waals surface area contributed by atoms with Gasteiger partial charge in [-0.1, -0.05) is 13.8 Å². The molecule has 0 spiro atoms. The van der Waals surface area contributed by atoms with Gasteiger partial charge in [0.05, 0.1) is 6.61 Å². The van der Waals surface area contributed by atoms with Crippen molar-refractivity contribution < 1.29 is 4.74 Å². The molecule has 112 valence electrons. The Balaban J connectivity index is 1.75. The van der Waals surface area contributed by atoms with Crippen LogP contribution < -0.4 is 5.32 Å². The van der Waals surface area contributed by atoms with Crippen molar-refractivity contribution in [3.05, 3.63) is 0 Å². The van der Waals surface area contributed by atoms with Gasteiger partial charge in [-0.15, -0.1) is 0 Å². The predicted octanol–water partition coefficient (Wildman–Crippen LogP) is 2.37.